The Hall–Kier alpha value is -2.60. The molecule has 2 aromatic rings. The number of fused-ring (bicyclic) bond motifs is 1. The summed E-state index contributed by atoms with van der Waals surface area (Å²) in [6, 6.07) is 11.0. The van der Waals surface area contributed by atoms with Crippen molar-refractivity contribution >= 4 is 5.97 Å². The maximum Gasteiger partial charge on any atom is 0.311 e. The molecule has 5 nitrogen and oxygen atoms in total. The number of rotatable bonds is 6. The first-order chi connectivity index (χ1) is 13.9. The van der Waals surface area contributed by atoms with E-state index in [1.54, 1.807) is 13.0 Å². The second-order valence-electron chi connectivity index (χ2n) is 8.23. The summed E-state index contributed by atoms with van der Waals surface area (Å²) >= 11 is 0. The van der Waals surface area contributed by atoms with Crippen LogP contribution in [0.15, 0.2) is 36.4 Å². The number of carbonyl (C=O) groups is 1. The number of ether oxygens (including phenoxy) is 2. The molecule has 1 saturated heterocycles. The molecule has 2 heterocycles. The normalized spacial score (nSPS) is 20.3. The monoisotopic (exact) mass is 399 g/mol. The molecular formula is C23H26FNO4. The van der Waals surface area contributed by atoms with Gasteiger partial charge in [-0.05, 0) is 43.0 Å². The van der Waals surface area contributed by atoms with Crippen LogP contribution in [-0.2, 0) is 24.2 Å². The number of carboxylic acid groups (broad SMARTS) is 1. The molecule has 4 rings (SSSR count). The highest BCUT2D eigenvalue weighted by atomic mass is 19.1. The van der Waals surface area contributed by atoms with E-state index in [0.29, 0.717) is 31.0 Å². The topological polar surface area (TPSA) is 59.0 Å². The number of likely N-dealkylation sites (tertiary alicyclic amines) is 1. The van der Waals surface area contributed by atoms with Gasteiger partial charge in [0.25, 0.3) is 0 Å². The van der Waals surface area contributed by atoms with Gasteiger partial charge in [0.2, 0.25) is 0 Å². The molecule has 0 saturated carbocycles. The van der Waals surface area contributed by atoms with Gasteiger partial charge in [-0.1, -0.05) is 25.1 Å². The molecule has 1 fully saturated rings. The first-order valence-corrected chi connectivity index (χ1v) is 10.0. The number of hydrogen-bond donors (Lipinski definition) is 1. The molecular weight excluding hydrogens is 373 g/mol. The molecule has 2 aliphatic rings. The van der Waals surface area contributed by atoms with Crippen LogP contribution in [0.3, 0.4) is 0 Å². The minimum absolute atomic E-state index is 0.179. The van der Waals surface area contributed by atoms with Gasteiger partial charge in [0, 0.05) is 30.8 Å². The van der Waals surface area contributed by atoms with Gasteiger partial charge >= 0.3 is 5.97 Å². The Morgan fingerprint density at radius 1 is 1.34 bits per heavy atom. The highest BCUT2D eigenvalue weighted by molar-refractivity contribution is 5.76. The van der Waals surface area contributed by atoms with Gasteiger partial charge in [0.15, 0.2) is 0 Å². The van der Waals surface area contributed by atoms with Crippen molar-refractivity contribution in [1.82, 2.24) is 4.90 Å². The van der Waals surface area contributed by atoms with Gasteiger partial charge in [0.1, 0.15) is 30.5 Å². The van der Waals surface area contributed by atoms with Crippen molar-refractivity contribution in [2.24, 2.45) is 5.41 Å². The minimum Gasteiger partial charge on any atom is -0.492 e. The Kier molecular flexibility index (Phi) is 5.21. The van der Waals surface area contributed by atoms with E-state index in [1.807, 2.05) is 31.2 Å². The van der Waals surface area contributed by atoms with Crippen molar-refractivity contribution in [2.45, 2.75) is 39.3 Å². The maximum absolute atomic E-state index is 14.1. The highest BCUT2D eigenvalue weighted by Crippen LogP contribution is 2.36. The number of nitrogens with zero attached hydrogens (tertiary/aromatic N) is 1. The molecule has 1 atom stereocenters. The molecule has 0 amide bonds. The van der Waals surface area contributed by atoms with Crippen molar-refractivity contribution in [3.05, 3.63) is 58.9 Å². The molecule has 29 heavy (non-hydrogen) atoms. The second kappa shape index (κ2) is 7.67. The first kappa shape index (κ1) is 19.7. The predicted molar refractivity (Wildman–Crippen MR) is 107 cm³/mol. The number of aliphatic carboxylic acids is 1. The van der Waals surface area contributed by atoms with E-state index >= 15 is 0 Å². The van der Waals surface area contributed by atoms with Crippen LogP contribution < -0.4 is 9.47 Å². The van der Waals surface area contributed by atoms with E-state index < -0.39 is 11.4 Å². The van der Waals surface area contributed by atoms with E-state index in [-0.39, 0.29) is 18.5 Å². The van der Waals surface area contributed by atoms with E-state index in [2.05, 4.69) is 4.90 Å². The maximum atomic E-state index is 14.1. The van der Waals surface area contributed by atoms with Gasteiger partial charge < -0.3 is 14.6 Å². The van der Waals surface area contributed by atoms with Crippen LogP contribution in [0.4, 0.5) is 4.39 Å². The van der Waals surface area contributed by atoms with Gasteiger partial charge in [-0.25, -0.2) is 4.39 Å². The van der Waals surface area contributed by atoms with Crippen molar-refractivity contribution < 1.29 is 23.8 Å². The largest absolute Gasteiger partial charge is 0.492 e. The zero-order valence-corrected chi connectivity index (χ0v) is 16.8. The SMILES string of the molecule is CCc1cccc(F)c1COc1ccc2c(c1)OC[C@@H](N1CC(C)(C(=O)O)C1)C2. The summed E-state index contributed by atoms with van der Waals surface area (Å²) in [5.74, 6) is 0.442. The third-order valence-electron chi connectivity index (χ3n) is 6.04. The average Bonchev–Trinajstić information content (AvgIpc) is 2.69. The third kappa shape index (κ3) is 3.81. The van der Waals surface area contributed by atoms with E-state index in [1.165, 1.54) is 6.07 Å². The fourth-order valence-electron chi connectivity index (χ4n) is 4.16. The van der Waals surface area contributed by atoms with Gasteiger partial charge in [-0.2, -0.15) is 0 Å². The van der Waals surface area contributed by atoms with Crippen LogP contribution in [0.1, 0.15) is 30.5 Å². The van der Waals surface area contributed by atoms with E-state index in [0.717, 1.165) is 29.7 Å². The van der Waals surface area contributed by atoms with Crippen molar-refractivity contribution in [1.29, 1.82) is 0 Å². The Morgan fingerprint density at radius 3 is 2.86 bits per heavy atom. The third-order valence-corrected chi connectivity index (χ3v) is 6.04. The van der Waals surface area contributed by atoms with Gasteiger partial charge in [0.05, 0.1) is 5.41 Å². The molecule has 6 heteroatoms. The first-order valence-electron chi connectivity index (χ1n) is 10.0. The molecule has 0 radical (unpaired) electrons. The lowest BCUT2D eigenvalue weighted by Gasteiger charge is -2.49. The number of aryl methyl sites for hydroxylation is 1. The van der Waals surface area contributed by atoms with Gasteiger partial charge in [-0.15, -0.1) is 0 Å². The average molecular weight is 399 g/mol. The molecule has 0 aromatic heterocycles. The zero-order valence-electron chi connectivity index (χ0n) is 16.8. The quantitative estimate of drug-likeness (QED) is 0.803. The van der Waals surface area contributed by atoms with Crippen LogP contribution in [0.25, 0.3) is 0 Å². The van der Waals surface area contributed by atoms with Crippen LogP contribution >= 0.6 is 0 Å². The Balaban J connectivity index is 1.39. The van der Waals surface area contributed by atoms with Crippen molar-refractivity contribution in [2.75, 3.05) is 19.7 Å². The molecule has 0 unspecified atom stereocenters. The van der Waals surface area contributed by atoms with Crippen LogP contribution in [0.2, 0.25) is 0 Å². The predicted octanol–water partition coefficient (Wildman–Crippen LogP) is 3.68. The smallest absolute Gasteiger partial charge is 0.311 e. The van der Waals surface area contributed by atoms with Crippen LogP contribution in [-0.4, -0.2) is 41.7 Å². The Bertz CT molecular complexity index is 923. The Labute approximate surface area is 170 Å². The zero-order chi connectivity index (χ0) is 20.6. The molecule has 0 aliphatic carbocycles. The fourth-order valence-corrected chi connectivity index (χ4v) is 4.16. The standard InChI is InChI=1S/C23H26FNO4/c1-3-15-5-4-6-20(24)19(15)12-28-18-8-7-16-9-17(11-29-21(16)10-18)25-13-23(2,14-25)22(26)27/h4-8,10,17H,3,9,11-14H2,1-2H3,(H,26,27)/t17-/m0/s1. The van der Waals surface area contributed by atoms with Crippen molar-refractivity contribution in [3.8, 4) is 11.5 Å². The second-order valence-corrected chi connectivity index (χ2v) is 8.23. The summed E-state index contributed by atoms with van der Waals surface area (Å²) in [5, 5.41) is 9.28. The van der Waals surface area contributed by atoms with Crippen molar-refractivity contribution in [3.63, 3.8) is 0 Å². The van der Waals surface area contributed by atoms with E-state index in [9.17, 15) is 14.3 Å². The summed E-state index contributed by atoms with van der Waals surface area (Å²) in [6.45, 7) is 5.59. The summed E-state index contributed by atoms with van der Waals surface area (Å²) in [5.41, 5.74) is 1.97. The molecule has 154 valence electrons. The number of carboxylic acids is 1. The minimum atomic E-state index is -0.742. The number of benzene rings is 2. The molecule has 0 spiro atoms. The van der Waals surface area contributed by atoms with Crippen LogP contribution in [0, 0.1) is 11.2 Å². The summed E-state index contributed by atoms with van der Waals surface area (Å²) in [7, 11) is 0. The lowest BCUT2D eigenvalue weighted by molar-refractivity contribution is -0.161. The Morgan fingerprint density at radius 2 is 2.14 bits per heavy atom. The lowest BCUT2D eigenvalue weighted by atomic mass is 9.80. The summed E-state index contributed by atoms with van der Waals surface area (Å²) in [4.78, 5) is 13.5. The fraction of sp³-hybridized carbons (Fsp3) is 0.435. The molecule has 2 aliphatic heterocycles. The number of halogens is 1. The highest BCUT2D eigenvalue weighted by Gasteiger charge is 2.48. The number of hydrogen-bond acceptors (Lipinski definition) is 4. The van der Waals surface area contributed by atoms with Gasteiger partial charge in [-0.3, -0.25) is 9.69 Å². The lowest BCUT2D eigenvalue weighted by Crippen LogP contribution is -2.63. The summed E-state index contributed by atoms with van der Waals surface area (Å²) in [6.07, 6.45) is 1.57. The molecule has 0 bridgehead atoms. The molecule has 1 N–H and O–H groups in total. The van der Waals surface area contributed by atoms with Crippen LogP contribution in [0.5, 0.6) is 11.5 Å². The van der Waals surface area contributed by atoms with E-state index in [4.69, 9.17) is 9.47 Å². The summed E-state index contributed by atoms with van der Waals surface area (Å²) < 4.78 is 25.9. The molecule has 2 aromatic carbocycles.